The highest BCUT2D eigenvalue weighted by Gasteiger charge is 2.24. The second-order valence-electron chi connectivity index (χ2n) is 7.26. The summed E-state index contributed by atoms with van der Waals surface area (Å²) in [5, 5.41) is 9.47. The van der Waals surface area contributed by atoms with Gasteiger partial charge in [0, 0.05) is 0 Å². The molecule has 0 aliphatic carbocycles. The maximum absolute atomic E-state index is 11.7. The number of hydrogen-bond donors (Lipinski definition) is 1. The molecule has 1 N–H and O–H groups in total. The smallest absolute Gasteiger partial charge is 0.313 e. The predicted molar refractivity (Wildman–Crippen MR) is 93.6 cm³/mol. The van der Waals surface area contributed by atoms with Gasteiger partial charge < -0.3 is 9.47 Å². The minimum absolute atomic E-state index is 0.0847. The molecule has 26 heavy (non-hydrogen) atoms. The summed E-state index contributed by atoms with van der Waals surface area (Å²) in [5.74, 6) is 0.550. The number of carbonyl (C=O) groups is 3. The van der Waals surface area contributed by atoms with E-state index in [0.717, 1.165) is 0 Å². The first-order chi connectivity index (χ1) is 11.9. The molecular weight excluding hydrogens is 365 g/mol. The highest BCUT2D eigenvalue weighted by Crippen LogP contribution is 2.40. The van der Waals surface area contributed by atoms with E-state index in [9.17, 15) is 14.4 Å². The summed E-state index contributed by atoms with van der Waals surface area (Å²) in [5.41, 5.74) is -1.35. The van der Waals surface area contributed by atoms with Gasteiger partial charge in [0.25, 0.3) is 0 Å². The van der Waals surface area contributed by atoms with E-state index in [2.05, 4.69) is 0 Å². The molecule has 0 spiro atoms. The van der Waals surface area contributed by atoms with E-state index in [4.69, 9.17) is 23.7 Å². The lowest BCUT2D eigenvalue weighted by molar-refractivity contribution is -0.161. The van der Waals surface area contributed by atoms with Gasteiger partial charge >= 0.3 is 11.9 Å². The summed E-state index contributed by atoms with van der Waals surface area (Å²) in [6, 6.07) is 0. The molecule has 0 bridgehead atoms. The lowest BCUT2D eigenvalue weighted by Crippen LogP contribution is -2.24. The molecule has 0 atom stereocenters. The van der Waals surface area contributed by atoms with Gasteiger partial charge in [0.2, 0.25) is 14.8 Å². The zero-order valence-corrected chi connectivity index (χ0v) is 16.9. The van der Waals surface area contributed by atoms with E-state index in [-0.39, 0.29) is 26.5 Å². The molecule has 0 radical (unpaired) electrons. The molecule has 0 aliphatic rings. The van der Waals surface area contributed by atoms with Crippen molar-refractivity contribution in [3.05, 3.63) is 11.9 Å². The third-order valence-electron chi connectivity index (χ3n) is 2.61. The Morgan fingerprint density at radius 3 is 1.73 bits per heavy atom. The first-order valence-corrected chi connectivity index (χ1v) is 9.09. The minimum atomic E-state index is -1.72. The fourth-order valence-electron chi connectivity index (χ4n) is 1.10. The van der Waals surface area contributed by atoms with Crippen LogP contribution in [-0.4, -0.2) is 48.7 Å². The first-order valence-electron chi connectivity index (χ1n) is 7.85. The Morgan fingerprint density at radius 1 is 0.962 bits per heavy atom. The van der Waals surface area contributed by atoms with Gasteiger partial charge in [-0.3, -0.25) is 28.6 Å². The molecule has 150 valence electrons. The molecule has 0 aromatic carbocycles. The van der Waals surface area contributed by atoms with Crippen molar-refractivity contribution in [3.8, 4) is 0 Å². The fraction of sp³-hybridized carbons (Fsp3) is 0.688. The topological polar surface area (TPSA) is 112 Å². The third-order valence-corrected chi connectivity index (χ3v) is 3.78. The number of ether oxygens (including phenoxy) is 2. The molecule has 0 aromatic rings. The van der Waals surface area contributed by atoms with Crippen LogP contribution in [0.1, 0.15) is 41.5 Å². The number of rotatable bonds is 10. The molecule has 0 saturated heterocycles. The zero-order valence-electron chi connectivity index (χ0n) is 16.1. The number of carbonyl (C=O) groups excluding carboxylic acids is 3. The van der Waals surface area contributed by atoms with E-state index in [1.54, 1.807) is 41.5 Å². The van der Waals surface area contributed by atoms with Gasteiger partial charge in [0.05, 0.1) is 17.4 Å². The molecule has 0 unspecified atom stereocenters. The van der Waals surface area contributed by atoms with Gasteiger partial charge in [-0.25, -0.2) is 5.06 Å². The molecule has 0 aliphatic heterocycles. The molecular formula is C16H28NO8P. The maximum Gasteiger partial charge on any atom is 0.313 e. The number of nitrogens with zero attached hydrogens (tertiary/aromatic N) is 1. The fourth-order valence-corrected chi connectivity index (χ4v) is 1.93. The summed E-state index contributed by atoms with van der Waals surface area (Å²) < 4.78 is 20.6. The van der Waals surface area contributed by atoms with E-state index in [0.29, 0.717) is 5.06 Å². The van der Waals surface area contributed by atoms with Crippen LogP contribution in [0.4, 0.5) is 0 Å². The van der Waals surface area contributed by atoms with Gasteiger partial charge in [-0.2, -0.15) is 0 Å². The average Bonchev–Trinajstić information content (AvgIpc) is 2.51. The summed E-state index contributed by atoms with van der Waals surface area (Å²) >= 11 is 0. The van der Waals surface area contributed by atoms with Crippen LogP contribution in [0.25, 0.3) is 0 Å². The quantitative estimate of drug-likeness (QED) is 0.151. The van der Waals surface area contributed by atoms with Gasteiger partial charge in [0.1, 0.15) is 0 Å². The van der Waals surface area contributed by atoms with Crippen LogP contribution >= 0.6 is 8.38 Å². The van der Waals surface area contributed by atoms with E-state index in [1.807, 2.05) is 0 Å². The Kier molecular flexibility index (Phi) is 10.6. The van der Waals surface area contributed by atoms with Crippen LogP contribution in [0.15, 0.2) is 11.9 Å². The van der Waals surface area contributed by atoms with E-state index < -0.39 is 31.1 Å². The molecule has 0 aromatic heterocycles. The first kappa shape index (κ1) is 24.5. The van der Waals surface area contributed by atoms with Crippen LogP contribution in [0.3, 0.4) is 0 Å². The van der Waals surface area contributed by atoms with Gasteiger partial charge in [-0.05, 0) is 47.4 Å². The third kappa shape index (κ3) is 11.1. The van der Waals surface area contributed by atoms with Crippen molar-refractivity contribution in [2.45, 2.75) is 41.5 Å². The standard InChI is InChI=1S/C16H28NO8P/c1-15(2,3)13(19)22-11-24-26(9-7-8-17(21)10-18)25-12-23-14(20)16(4,5)6/h7,9-10,21H,8,11-12H2,1-6H3/b9-7+. The van der Waals surface area contributed by atoms with Crippen molar-refractivity contribution in [1.29, 1.82) is 0 Å². The van der Waals surface area contributed by atoms with E-state index in [1.165, 1.54) is 11.9 Å². The Hall–Kier alpha value is -1.54. The Bertz CT molecular complexity index is 463. The summed E-state index contributed by atoms with van der Waals surface area (Å²) in [6.45, 7) is 9.44. The van der Waals surface area contributed by atoms with Crippen molar-refractivity contribution in [1.82, 2.24) is 5.06 Å². The predicted octanol–water partition coefficient (Wildman–Crippen LogP) is 2.79. The van der Waals surface area contributed by atoms with E-state index >= 15 is 0 Å². The Labute approximate surface area is 155 Å². The van der Waals surface area contributed by atoms with Crippen molar-refractivity contribution in [2.75, 3.05) is 20.1 Å². The SMILES string of the molecule is CC(C)(C)C(=O)OCOP(/C=C/CN(O)C=O)OCOC(=O)C(C)(C)C. The van der Waals surface area contributed by atoms with Gasteiger partial charge in [0.15, 0.2) is 13.6 Å². The molecule has 0 heterocycles. The number of amides is 1. The molecule has 0 fully saturated rings. The largest absolute Gasteiger partial charge is 0.438 e. The number of hydrogen-bond acceptors (Lipinski definition) is 8. The normalized spacial score (nSPS) is 12.3. The molecule has 0 rings (SSSR count). The Balaban J connectivity index is 4.57. The lowest BCUT2D eigenvalue weighted by Gasteiger charge is -2.20. The summed E-state index contributed by atoms with van der Waals surface area (Å²) in [4.78, 5) is 33.7. The van der Waals surface area contributed by atoms with Crippen LogP contribution in [0.5, 0.6) is 0 Å². The summed E-state index contributed by atoms with van der Waals surface area (Å²) in [6.07, 6.45) is 1.67. The van der Waals surface area contributed by atoms with Gasteiger partial charge in [-0.15, -0.1) is 0 Å². The summed E-state index contributed by atoms with van der Waals surface area (Å²) in [7, 11) is -1.72. The van der Waals surface area contributed by atoms with Crippen molar-refractivity contribution in [2.24, 2.45) is 10.8 Å². The van der Waals surface area contributed by atoms with Crippen LogP contribution in [-0.2, 0) is 32.9 Å². The number of esters is 2. The Morgan fingerprint density at radius 2 is 1.38 bits per heavy atom. The second kappa shape index (κ2) is 11.2. The van der Waals surface area contributed by atoms with Crippen LogP contribution < -0.4 is 0 Å². The van der Waals surface area contributed by atoms with Crippen molar-refractivity contribution < 1.29 is 38.1 Å². The molecule has 9 nitrogen and oxygen atoms in total. The maximum atomic E-state index is 11.7. The zero-order chi connectivity index (χ0) is 20.4. The van der Waals surface area contributed by atoms with Gasteiger partial charge in [-0.1, -0.05) is 6.08 Å². The minimum Gasteiger partial charge on any atom is -0.438 e. The van der Waals surface area contributed by atoms with Crippen LogP contribution in [0.2, 0.25) is 0 Å². The van der Waals surface area contributed by atoms with Crippen molar-refractivity contribution in [3.63, 3.8) is 0 Å². The highest BCUT2D eigenvalue weighted by molar-refractivity contribution is 7.50. The molecule has 0 saturated carbocycles. The monoisotopic (exact) mass is 393 g/mol. The second-order valence-corrected chi connectivity index (χ2v) is 8.64. The molecule has 1 amide bonds. The molecule has 10 heteroatoms. The lowest BCUT2D eigenvalue weighted by atomic mass is 9.98. The number of hydroxylamine groups is 2. The average molecular weight is 393 g/mol. The van der Waals surface area contributed by atoms with Crippen molar-refractivity contribution >= 4 is 26.7 Å². The van der Waals surface area contributed by atoms with Crippen LogP contribution in [0, 0.1) is 10.8 Å². The highest BCUT2D eigenvalue weighted by atomic mass is 31.2.